The molecule has 0 saturated carbocycles. The van der Waals surface area contributed by atoms with Gasteiger partial charge in [0.05, 0.1) is 18.3 Å². The quantitative estimate of drug-likeness (QED) is 0.616. The van der Waals surface area contributed by atoms with Crippen molar-refractivity contribution in [3.8, 4) is 22.8 Å². The van der Waals surface area contributed by atoms with Crippen molar-refractivity contribution in [1.82, 2.24) is 9.61 Å². The van der Waals surface area contributed by atoms with Crippen molar-refractivity contribution in [1.29, 1.82) is 0 Å². The van der Waals surface area contributed by atoms with Crippen LogP contribution in [0.15, 0.2) is 57.7 Å². The molecule has 0 amide bonds. The van der Waals surface area contributed by atoms with Crippen molar-refractivity contribution in [2.75, 3.05) is 7.11 Å². The van der Waals surface area contributed by atoms with Gasteiger partial charge in [0.25, 0.3) is 0 Å². The Hall–Kier alpha value is -3.28. The minimum Gasteiger partial charge on any atom is -0.507 e. The Morgan fingerprint density at radius 1 is 1.17 bits per heavy atom. The molecule has 0 aliphatic carbocycles. The molecule has 4 rings (SSSR count). The molecule has 0 aliphatic heterocycles. The first-order valence-corrected chi connectivity index (χ1v) is 6.96. The molecule has 0 aliphatic rings. The smallest absolute Gasteiger partial charge is 0.440 e. The number of hydrogen-bond donors (Lipinski definition) is 1. The molecule has 23 heavy (non-hydrogen) atoms. The molecule has 0 atom stereocenters. The van der Waals surface area contributed by atoms with Gasteiger partial charge in [-0.1, -0.05) is 12.1 Å². The molecule has 4 aromatic rings. The summed E-state index contributed by atoms with van der Waals surface area (Å²) >= 11 is 0. The Kier molecular flexibility index (Phi) is 2.84. The molecule has 0 unspecified atom stereocenters. The van der Waals surface area contributed by atoms with Crippen LogP contribution in [-0.2, 0) is 0 Å². The van der Waals surface area contributed by atoms with E-state index in [9.17, 15) is 9.90 Å². The van der Waals surface area contributed by atoms with Crippen molar-refractivity contribution in [3.63, 3.8) is 0 Å². The van der Waals surface area contributed by atoms with E-state index in [2.05, 4.69) is 5.10 Å². The molecule has 6 nitrogen and oxygen atoms in total. The van der Waals surface area contributed by atoms with Crippen molar-refractivity contribution >= 4 is 16.5 Å². The summed E-state index contributed by atoms with van der Waals surface area (Å²) in [6.45, 7) is 0. The van der Waals surface area contributed by atoms with Crippen molar-refractivity contribution in [3.05, 3.63) is 59.1 Å². The van der Waals surface area contributed by atoms with Crippen LogP contribution < -0.4 is 10.5 Å². The van der Waals surface area contributed by atoms with Crippen LogP contribution in [0, 0.1) is 0 Å². The van der Waals surface area contributed by atoms with Crippen molar-refractivity contribution < 1.29 is 14.3 Å². The largest absolute Gasteiger partial charge is 0.507 e. The van der Waals surface area contributed by atoms with Crippen LogP contribution in [-0.4, -0.2) is 21.8 Å². The van der Waals surface area contributed by atoms with Crippen LogP contribution in [0.4, 0.5) is 0 Å². The molecular formula is C17H12N2O4. The molecule has 2 aromatic heterocycles. The van der Waals surface area contributed by atoms with Gasteiger partial charge in [0.1, 0.15) is 17.1 Å². The van der Waals surface area contributed by atoms with Crippen LogP contribution in [0.2, 0.25) is 0 Å². The molecule has 0 saturated heterocycles. The van der Waals surface area contributed by atoms with Gasteiger partial charge in [0, 0.05) is 17.0 Å². The number of phenols is 1. The van der Waals surface area contributed by atoms with Gasteiger partial charge >= 0.3 is 5.76 Å². The average Bonchev–Trinajstić information content (AvgIpc) is 3.00. The minimum absolute atomic E-state index is 0.103. The molecule has 2 aromatic carbocycles. The third-order valence-corrected chi connectivity index (χ3v) is 3.72. The third kappa shape index (κ3) is 2.03. The van der Waals surface area contributed by atoms with E-state index in [1.165, 1.54) is 4.52 Å². The Labute approximate surface area is 130 Å². The van der Waals surface area contributed by atoms with E-state index in [1.54, 1.807) is 49.6 Å². The number of methoxy groups -OCH3 is 1. The second kappa shape index (κ2) is 4.88. The maximum atomic E-state index is 12.2. The highest BCUT2D eigenvalue weighted by atomic mass is 16.5. The van der Waals surface area contributed by atoms with Gasteiger partial charge in [0.15, 0.2) is 0 Å². The number of hydrogen-bond acceptors (Lipinski definition) is 5. The molecule has 0 bridgehead atoms. The zero-order valence-corrected chi connectivity index (χ0v) is 12.2. The standard InChI is InChI=1S/C17H12N2O4/c1-22-10-6-7-12-14-9-13(11-4-2-3-5-15(11)20)18-19(14)17(21)23-16(12)8-10/h2-9,20H,1H3. The normalized spacial score (nSPS) is 11.2. The monoisotopic (exact) mass is 308 g/mol. The first-order chi connectivity index (χ1) is 11.2. The lowest BCUT2D eigenvalue weighted by atomic mass is 10.1. The molecule has 0 fully saturated rings. The van der Waals surface area contributed by atoms with E-state index in [0.717, 1.165) is 5.39 Å². The zero-order valence-electron chi connectivity index (χ0n) is 12.2. The zero-order chi connectivity index (χ0) is 16.0. The number of ether oxygens (including phenoxy) is 1. The summed E-state index contributed by atoms with van der Waals surface area (Å²) in [6.07, 6.45) is 0. The molecule has 0 radical (unpaired) electrons. The minimum atomic E-state index is -0.595. The molecule has 1 N–H and O–H groups in total. The van der Waals surface area contributed by atoms with Crippen LogP contribution >= 0.6 is 0 Å². The predicted octanol–water partition coefficient (Wildman–Crippen LogP) is 2.82. The van der Waals surface area contributed by atoms with Gasteiger partial charge in [-0.05, 0) is 30.3 Å². The Bertz CT molecular complexity index is 1090. The summed E-state index contributed by atoms with van der Waals surface area (Å²) in [5.74, 6) is 0.110. The topological polar surface area (TPSA) is 77.0 Å². The van der Waals surface area contributed by atoms with Gasteiger partial charge in [-0.3, -0.25) is 0 Å². The molecule has 114 valence electrons. The van der Waals surface area contributed by atoms with Gasteiger partial charge in [-0.2, -0.15) is 9.61 Å². The lowest BCUT2D eigenvalue weighted by Gasteiger charge is -2.02. The van der Waals surface area contributed by atoms with E-state index in [0.29, 0.717) is 28.1 Å². The van der Waals surface area contributed by atoms with Gasteiger partial charge in [-0.15, -0.1) is 0 Å². The van der Waals surface area contributed by atoms with Crippen LogP contribution in [0.25, 0.3) is 27.7 Å². The van der Waals surface area contributed by atoms with Gasteiger partial charge in [0.2, 0.25) is 0 Å². The van der Waals surface area contributed by atoms with E-state index in [4.69, 9.17) is 9.15 Å². The highest BCUT2D eigenvalue weighted by Crippen LogP contribution is 2.30. The highest BCUT2D eigenvalue weighted by molar-refractivity contribution is 5.94. The van der Waals surface area contributed by atoms with Crippen LogP contribution in [0.1, 0.15) is 0 Å². The number of rotatable bonds is 2. The summed E-state index contributed by atoms with van der Waals surface area (Å²) in [6, 6.07) is 13.8. The summed E-state index contributed by atoms with van der Waals surface area (Å²) in [5, 5.41) is 15.0. The number of benzene rings is 2. The first-order valence-electron chi connectivity index (χ1n) is 6.96. The fraction of sp³-hybridized carbons (Fsp3) is 0.0588. The molecule has 0 spiro atoms. The van der Waals surface area contributed by atoms with Crippen LogP contribution in [0.5, 0.6) is 11.5 Å². The summed E-state index contributed by atoms with van der Waals surface area (Å²) in [5.41, 5.74) is 2.08. The summed E-state index contributed by atoms with van der Waals surface area (Å²) in [7, 11) is 1.55. The number of aromatic hydroxyl groups is 1. The maximum Gasteiger partial charge on any atom is 0.440 e. The molecular weight excluding hydrogens is 296 g/mol. The second-order valence-corrected chi connectivity index (χ2v) is 5.07. The number of nitrogens with zero attached hydrogens (tertiary/aromatic N) is 2. The molecule has 6 heteroatoms. The van der Waals surface area contributed by atoms with Crippen molar-refractivity contribution in [2.24, 2.45) is 0 Å². The fourth-order valence-corrected chi connectivity index (χ4v) is 2.60. The number of aromatic nitrogens is 2. The van der Waals surface area contributed by atoms with Crippen molar-refractivity contribution in [2.45, 2.75) is 0 Å². The summed E-state index contributed by atoms with van der Waals surface area (Å²) < 4.78 is 11.6. The van der Waals surface area contributed by atoms with Gasteiger partial charge < -0.3 is 14.3 Å². The lowest BCUT2D eigenvalue weighted by molar-refractivity contribution is 0.413. The van der Waals surface area contributed by atoms with E-state index in [1.807, 2.05) is 6.07 Å². The van der Waals surface area contributed by atoms with Crippen LogP contribution in [0.3, 0.4) is 0 Å². The van der Waals surface area contributed by atoms with E-state index in [-0.39, 0.29) is 5.75 Å². The summed E-state index contributed by atoms with van der Waals surface area (Å²) in [4.78, 5) is 12.2. The van der Waals surface area contributed by atoms with E-state index >= 15 is 0 Å². The lowest BCUT2D eigenvalue weighted by Crippen LogP contribution is -2.12. The average molecular weight is 308 g/mol. The predicted molar refractivity (Wildman–Crippen MR) is 84.9 cm³/mol. The Balaban J connectivity index is 2.05. The number of para-hydroxylation sites is 1. The van der Waals surface area contributed by atoms with E-state index < -0.39 is 5.76 Å². The maximum absolute atomic E-state index is 12.2. The Morgan fingerprint density at radius 2 is 2.00 bits per heavy atom. The number of phenolic OH excluding ortho intramolecular Hbond substituents is 1. The Morgan fingerprint density at radius 3 is 2.78 bits per heavy atom. The van der Waals surface area contributed by atoms with Gasteiger partial charge in [-0.25, -0.2) is 4.79 Å². The SMILES string of the molecule is COc1ccc2c(c1)oc(=O)n1nc(-c3ccccc3O)cc21. The first kappa shape index (κ1) is 13.4. The highest BCUT2D eigenvalue weighted by Gasteiger charge is 2.14. The molecule has 2 heterocycles. The fourth-order valence-electron chi connectivity index (χ4n) is 2.60. The number of fused-ring (bicyclic) bond motifs is 3. The third-order valence-electron chi connectivity index (χ3n) is 3.72. The second-order valence-electron chi connectivity index (χ2n) is 5.07.